The second-order valence-electron chi connectivity index (χ2n) is 5.33. The number of pyridine rings is 1. The summed E-state index contributed by atoms with van der Waals surface area (Å²) in [5.74, 6) is -0.380. The van der Waals surface area contributed by atoms with Crippen LogP contribution in [0.3, 0.4) is 0 Å². The molecule has 0 radical (unpaired) electrons. The number of urea groups is 1. The molecule has 3 amide bonds. The Morgan fingerprint density at radius 1 is 0.920 bits per heavy atom. The zero-order chi connectivity index (χ0) is 17.8. The van der Waals surface area contributed by atoms with Crippen LogP contribution in [0, 0.1) is 0 Å². The van der Waals surface area contributed by atoms with E-state index in [2.05, 4.69) is 20.9 Å². The Balaban J connectivity index is 1.83. The third-order valence-corrected chi connectivity index (χ3v) is 3.62. The molecular weight excluding hydrogens is 320 g/mol. The van der Waals surface area contributed by atoms with Gasteiger partial charge in [-0.2, -0.15) is 0 Å². The summed E-state index contributed by atoms with van der Waals surface area (Å²) < 4.78 is 0. The molecule has 0 aliphatic rings. The van der Waals surface area contributed by atoms with Crippen molar-refractivity contribution in [3.63, 3.8) is 0 Å². The number of hydrogen-bond donors (Lipinski definition) is 4. The Hall–Kier alpha value is -3.61. The number of carbonyl (C=O) groups excluding carboxylic acids is 2. The summed E-state index contributed by atoms with van der Waals surface area (Å²) in [7, 11) is 1.52. The average molecular weight is 336 g/mol. The summed E-state index contributed by atoms with van der Waals surface area (Å²) in [6.45, 7) is 0. The Morgan fingerprint density at radius 2 is 1.56 bits per heavy atom. The van der Waals surface area contributed by atoms with Crippen LogP contribution in [-0.4, -0.2) is 24.0 Å². The number of H-pyrrole nitrogens is 1. The van der Waals surface area contributed by atoms with E-state index in [1.54, 1.807) is 48.5 Å². The number of para-hydroxylation sites is 1. The molecule has 25 heavy (non-hydrogen) atoms. The molecule has 0 aliphatic carbocycles. The number of anilines is 2. The highest BCUT2D eigenvalue weighted by atomic mass is 16.2. The van der Waals surface area contributed by atoms with E-state index in [0.29, 0.717) is 27.8 Å². The number of amides is 3. The van der Waals surface area contributed by atoms with Crippen LogP contribution in [0.15, 0.2) is 59.4 Å². The number of rotatable bonds is 3. The quantitative estimate of drug-likeness (QED) is 0.591. The third kappa shape index (κ3) is 3.66. The lowest BCUT2D eigenvalue weighted by Crippen LogP contribution is -2.24. The molecule has 0 spiro atoms. The van der Waals surface area contributed by atoms with E-state index in [1.807, 2.05) is 0 Å². The predicted molar refractivity (Wildman–Crippen MR) is 97.0 cm³/mol. The maximum absolute atomic E-state index is 12.5. The van der Waals surface area contributed by atoms with Gasteiger partial charge in [-0.1, -0.05) is 18.2 Å². The Labute approximate surface area is 143 Å². The molecule has 7 nitrogen and oxygen atoms in total. The van der Waals surface area contributed by atoms with E-state index < -0.39 is 0 Å². The maximum atomic E-state index is 12.5. The molecule has 126 valence electrons. The second kappa shape index (κ2) is 6.88. The van der Waals surface area contributed by atoms with Gasteiger partial charge < -0.3 is 20.9 Å². The number of fused-ring (bicyclic) bond motifs is 1. The first-order valence-corrected chi connectivity index (χ1v) is 7.59. The molecule has 0 saturated heterocycles. The first kappa shape index (κ1) is 16.3. The molecular formula is C18H16N4O3. The third-order valence-electron chi connectivity index (χ3n) is 3.62. The molecule has 0 aliphatic heterocycles. The molecule has 0 atom stereocenters. The van der Waals surface area contributed by atoms with Crippen LogP contribution in [0.25, 0.3) is 10.9 Å². The van der Waals surface area contributed by atoms with Crippen molar-refractivity contribution < 1.29 is 9.59 Å². The highest BCUT2D eigenvalue weighted by Crippen LogP contribution is 2.18. The SMILES string of the molecule is CNC(=O)Nc1ccc(NC(=O)c2cc(=O)[nH]c3ccccc23)cc1. The van der Waals surface area contributed by atoms with Crippen LogP contribution in [0.2, 0.25) is 0 Å². The van der Waals surface area contributed by atoms with Gasteiger partial charge in [0.2, 0.25) is 5.56 Å². The Morgan fingerprint density at radius 3 is 2.24 bits per heavy atom. The van der Waals surface area contributed by atoms with Crippen molar-refractivity contribution in [1.29, 1.82) is 0 Å². The Bertz CT molecular complexity index is 993. The lowest BCUT2D eigenvalue weighted by Gasteiger charge is -2.09. The van der Waals surface area contributed by atoms with Crippen LogP contribution in [-0.2, 0) is 0 Å². The normalized spacial score (nSPS) is 10.3. The van der Waals surface area contributed by atoms with Crippen molar-refractivity contribution >= 4 is 34.2 Å². The van der Waals surface area contributed by atoms with Gasteiger partial charge in [0.05, 0.1) is 5.56 Å². The Kier molecular flexibility index (Phi) is 4.47. The van der Waals surface area contributed by atoms with Gasteiger partial charge >= 0.3 is 6.03 Å². The fourth-order valence-corrected chi connectivity index (χ4v) is 2.42. The molecule has 7 heteroatoms. The molecule has 3 rings (SSSR count). The van der Waals surface area contributed by atoms with Crippen molar-refractivity contribution in [2.24, 2.45) is 0 Å². The summed E-state index contributed by atoms with van der Waals surface area (Å²) in [6.07, 6.45) is 0. The van der Waals surface area contributed by atoms with Gasteiger partial charge in [0.25, 0.3) is 5.91 Å². The van der Waals surface area contributed by atoms with Crippen LogP contribution >= 0.6 is 0 Å². The van der Waals surface area contributed by atoms with E-state index >= 15 is 0 Å². The molecule has 3 aromatic rings. The van der Waals surface area contributed by atoms with Crippen molar-refractivity contribution in [3.05, 3.63) is 70.5 Å². The number of aromatic nitrogens is 1. The van der Waals surface area contributed by atoms with Crippen LogP contribution < -0.4 is 21.5 Å². The van der Waals surface area contributed by atoms with Gasteiger partial charge in [0.15, 0.2) is 0 Å². The predicted octanol–water partition coefficient (Wildman–Crippen LogP) is 2.53. The minimum atomic E-state index is -0.380. The fourth-order valence-electron chi connectivity index (χ4n) is 2.42. The smallest absolute Gasteiger partial charge is 0.318 e. The zero-order valence-corrected chi connectivity index (χ0v) is 13.4. The first-order valence-electron chi connectivity index (χ1n) is 7.59. The number of benzene rings is 2. The molecule has 0 fully saturated rings. The van der Waals surface area contributed by atoms with Gasteiger partial charge in [-0.3, -0.25) is 9.59 Å². The molecule has 0 saturated carbocycles. The largest absolute Gasteiger partial charge is 0.341 e. The van der Waals surface area contributed by atoms with E-state index in [9.17, 15) is 14.4 Å². The van der Waals surface area contributed by atoms with Crippen LogP contribution in [0.5, 0.6) is 0 Å². The van der Waals surface area contributed by atoms with E-state index in [1.165, 1.54) is 13.1 Å². The highest BCUT2D eigenvalue weighted by molar-refractivity contribution is 6.12. The van der Waals surface area contributed by atoms with Gasteiger partial charge in [-0.05, 0) is 30.3 Å². The van der Waals surface area contributed by atoms with Gasteiger partial charge in [0.1, 0.15) is 0 Å². The minimum absolute atomic E-state index is 0.298. The van der Waals surface area contributed by atoms with Crippen LogP contribution in [0.1, 0.15) is 10.4 Å². The summed E-state index contributed by atoms with van der Waals surface area (Å²) in [5.41, 5.74) is 1.71. The summed E-state index contributed by atoms with van der Waals surface area (Å²) in [6, 6.07) is 14.7. The fraction of sp³-hybridized carbons (Fsp3) is 0.0556. The van der Waals surface area contributed by atoms with E-state index in [0.717, 1.165) is 0 Å². The van der Waals surface area contributed by atoms with Crippen molar-refractivity contribution in [3.8, 4) is 0 Å². The maximum Gasteiger partial charge on any atom is 0.318 e. The molecule has 0 bridgehead atoms. The van der Waals surface area contributed by atoms with Gasteiger partial charge in [-0.25, -0.2) is 4.79 Å². The molecule has 4 N–H and O–H groups in total. The standard InChI is InChI=1S/C18H16N4O3/c1-19-18(25)21-12-8-6-11(7-9-12)20-17(24)14-10-16(23)22-15-5-3-2-4-13(14)15/h2-10H,1H3,(H,20,24)(H,22,23)(H2,19,21,25). The first-order chi connectivity index (χ1) is 12.1. The van der Waals surface area contributed by atoms with Crippen molar-refractivity contribution in [2.75, 3.05) is 17.7 Å². The topological polar surface area (TPSA) is 103 Å². The van der Waals surface area contributed by atoms with Crippen molar-refractivity contribution in [1.82, 2.24) is 10.3 Å². The molecule has 1 aromatic heterocycles. The summed E-state index contributed by atoms with van der Waals surface area (Å²) in [5, 5.41) is 8.50. The molecule has 2 aromatic carbocycles. The molecule has 1 heterocycles. The summed E-state index contributed by atoms with van der Waals surface area (Å²) in [4.78, 5) is 38.3. The lowest BCUT2D eigenvalue weighted by atomic mass is 10.1. The monoisotopic (exact) mass is 336 g/mol. The van der Waals surface area contributed by atoms with Crippen LogP contribution in [0.4, 0.5) is 16.2 Å². The number of aromatic amines is 1. The van der Waals surface area contributed by atoms with Crippen molar-refractivity contribution in [2.45, 2.75) is 0 Å². The lowest BCUT2D eigenvalue weighted by molar-refractivity contribution is 0.102. The average Bonchev–Trinajstić information content (AvgIpc) is 2.62. The number of hydrogen-bond acceptors (Lipinski definition) is 3. The second-order valence-corrected chi connectivity index (χ2v) is 5.33. The molecule has 0 unspecified atom stereocenters. The number of carbonyl (C=O) groups is 2. The number of nitrogens with one attached hydrogen (secondary N) is 4. The minimum Gasteiger partial charge on any atom is -0.341 e. The summed E-state index contributed by atoms with van der Waals surface area (Å²) >= 11 is 0. The van der Waals surface area contributed by atoms with E-state index in [4.69, 9.17) is 0 Å². The van der Waals surface area contributed by atoms with E-state index in [-0.39, 0.29) is 17.5 Å². The van der Waals surface area contributed by atoms with Gasteiger partial charge in [0, 0.05) is 35.4 Å². The highest BCUT2D eigenvalue weighted by Gasteiger charge is 2.12. The zero-order valence-electron chi connectivity index (χ0n) is 13.4. The van der Waals surface area contributed by atoms with Gasteiger partial charge in [-0.15, -0.1) is 0 Å².